The highest BCUT2D eigenvalue weighted by molar-refractivity contribution is 5.79. The molecule has 2 aliphatic rings. The van der Waals surface area contributed by atoms with Gasteiger partial charge in [0.1, 0.15) is 12.2 Å². The Hall–Kier alpha value is -3.24. The third kappa shape index (κ3) is 3.41. The van der Waals surface area contributed by atoms with Crippen molar-refractivity contribution in [1.82, 2.24) is 29.6 Å². The number of hydrogen-bond donors (Lipinski definition) is 3. The molecule has 0 aliphatic carbocycles. The molecule has 0 spiro atoms. The number of carbonyl (C=O) groups is 2. The third-order valence-electron chi connectivity index (χ3n) is 4.56. The summed E-state index contributed by atoms with van der Waals surface area (Å²) in [6, 6.07) is 0. The van der Waals surface area contributed by atoms with E-state index in [1.54, 1.807) is 9.58 Å². The van der Waals surface area contributed by atoms with Gasteiger partial charge in [-0.2, -0.15) is 5.10 Å². The van der Waals surface area contributed by atoms with Gasteiger partial charge in [-0.1, -0.05) is 0 Å². The molecule has 11 heteroatoms. The van der Waals surface area contributed by atoms with Crippen LogP contribution < -0.4 is 11.3 Å². The molecular weight excluding hydrogens is 342 g/mol. The average Bonchev–Trinajstić information content (AvgIpc) is 3.08. The first kappa shape index (κ1) is 17.6. The normalized spacial score (nSPS) is 18.2. The zero-order valence-corrected chi connectivity index (χ0v) is 14.0. The van der Waals surface area contributed by atoms with E-state index in [2.05, 4.69) is 20.1 Å². The highest BCUT2D eigenvalue weighted by Gasteiger charge is 2.32. The van der Waals surface area contributed by atoms with E-state index in [9.17, 15) is 9.59 Å². The highest BCUT2D eigenvalue weighted by Crippen LogP contribution is 2.23. The molecule has 2 aliphatic heterocycles. The first-order valence-electron chi connectivity index (χ1n) is 8.14. The molecule has 11 nitrogen and oxygen atoms in total. The second kappa shape index (κ2) is 7.33. The molecule has 4 heterocycles. The Kier molecular flexibility index (Phi) is 4.96. The standard InChI is InChI=1S/C14H17N7O2.CH2O2/c15-14-18-10-6-20(4-3-9(10)12(22)19-14)13(23)8-1-2-11-16-7-17-21(11)5-8;2-1-3/h7-8H,1-6H2,(H3,15,18,19,22);1H,(H,2,3). The lowest BCUT2D eigenvalue weighted by Gasteiger charge is -2.32. The van der Waals surface area contributed by atoms with Crippen molar-refractivity contribution in [1.29, 1.82) is 0 Å². The predicted molar refractivity (Wildman–Crippen MR) is 88.9 cm³/mol. The Bertz CT molecular complexity index is 875. The molecule has 0 bridgehead atoms. The summed E-state index contributed by atoms with van der Waals surface area (Å²) >= 11 is 0. The van der Waals surface area contributed by atoms with Crippen LogP contribution in [-0.4, -0.2) is 53.7 Å². The quantitative estimate of drug-likeness (QED) is 0.533. The number of hydrogen-bond acceptors (Lipinski definition) is 7. The molecule has 2 aromatic heterocycles. The number of aromatic nitrogens is 5. The zero-order valence-electron chi connectivity index (χ0n) is 14.0. The van der Waals surface area contributed by atoms with Gasteiger partial charge in [0.05, 0.1) is 24.7 Å². The first-order chi connectivity index (χ1) is 12.5. The van der Waals surface area contributed by atoms with E-state index in [-0.39, 0.29) is 29.8 Å². The minimum absolute atomic E-state index is 0.0810. The molecule has 0 radical (unpaired) electrons. The van der Waals surface area contributed by atoms with Crippen LogP contribution in [0, 0.1) is 5.92 Å². The van der Waals surface area contributed by atoms with E-state index in [0.29, 0.717) is 37.3 Å². The summed E-state index contributed by atoms with van der Waals surface area (Å²) in [6.45, 7) is 1.17. The number of H-pyrrole nitrogens is 1. The number of rotatable bonds is 1. The number of nitrogens with two attached hydrogens (primary N) is 1. The van der Waals surface area contributed by atoms with Crippen LogP contribution in [0.25, 0.3) is 0 Å². The van der Waals surface area contributed by atoms with Crippen molar-refractivity contribution in [2.24, 2.45) is 5.92 Å². The smallest absolute Gasteiger partial charge is 0.290 e. The van der Waals surface area contributed by atoms with Crippen LogP contribution in [0.15, 0.2) is 11.1 Å². The second-order valence-corrected chi connectivity index (χ2v) is 6.09. The summed E-state index contributed by atoms with van der Waals surface area (Å²) in [5.41, 5.74) is 6.63. The number of nitrogens with zero attached hydrogens (tertiary/aromatic N) is 5. The van der Waals surface area contributed by atoms with Crippen molar-refractivity contribution in [3.8, 4) is 0 Å². The molecule has 1 amide bonds. The van der Waals surface area contributed by atoms with E-state index >= 15 is 0 Å². The average molecular weight is 361 g/mol. The number of amides is 1. The fourth-order valence-corrected chi connectivity index (χ4v) is 3.34. The van der Waals surface area contributed by atoms with Crippen LogP contribution in [0.2, 0.25) is 0 Å². The predicted octanol–water partition coefficient (Wildman–Crippen LogP) is -1.21. The molecule has 26 heavy (non-hydrogen) atoms. The number of carboxylic acid groups (broad SMARTS) is 1. The second-order valence-electron chi connectivity index (χ2n) is 6.09. The molecular formula is C15H19N7O4. The van der Waals surface area contributed by atoms with Crippen LogP contribution >= 0.6 is 0 Å². The van der Waals surface area contributed by atoms with Gasteiger partial charge < -0.3 is 15.7 Å². The van der Waals surface area contributed by atoms with Crippen LogP contribution in [0.4, 0.5) is 5.95 Å². The maximum atomic E-state index is 12.8. The SMILES string of the molecule is Nc1nc2c(c(=O)[nH]1)CCN(C(=O)C1CCc3ncnn3C1)C2.O=CO. The molecule has 0 aromatic carbocycles. The molecule has 0 fully saturated rings. The van der Waals surface area contributed by atoms with E-state index in [0.717, 1.165) is 18.7 Å². The van der Waals surface area contributed by atoms with Crippen molar-refractivity contribution >= 4 is 18.3 Å². The van der Waals surface area contributed by atoms with Gasteiger partial charge in [0.25, 0.3) is 12.0 Å². The topological polar surface area (TPSA) is 160 Å². The number of carbonyl (C=O) groups excluding carboxylic acids is 1. The molecule has 1 atom stereocenters. The molecule has 4 rings (SSSR count). The maximum Gasteiger partial charge on any atom is 0.290 e. The fraction of sp³-hybridized carbons (Fsp3) is 0.467. The van der Waals surface area contributed by atoms with Gasteiger partial charge in [-0.25, -0.2) is 14.6 Å². The molecule has 2 aromatic rings. The van der Waals surface area contributed by atoms with Gasteiger partial charge in [0, 0.05) is 18.5 Å². The number of aromatic amines is 1. The van der Waals surface area contributed by atoms with Crippen molar-refractivity contribution in [2.45, 2.75) is 32.4 Å². The number of nitrogens with one attached hydrogen (secondary N) is 1. The highest BCUT2D eigenvalue weighted by atomic mass is 16.3. The summed E-state index contributed by atoms with van der Waals surface area (Å²) in [5.74, 6) is 0.995. The lowest BCUT2D eigenvalue weighted by molar-refractivity contribution is -0.137. The summed E-state index contributed by atoms with van der Waals surface area (Å²) < 4.78 is 1.80. The van der Waals surface area contributed by atoms with Crippen LogP contribution in [0.1, 0.15) is 23.5 Å². The minimum atomic E-state index is -0.250. The molecule has 0 saturated carbocycles. The van der Waals surface area contributed by atoms with Gasteiger partial charge in [-0.05, 0) is 12.8 Å². The maximum absolute atomic E-state index is 12.8. The van der Waals surface area contributed by atoms with E-state index in [4.69, 9.17) is 15.6 Å². The molecule has 0 saturated heterocycles. The minimum Gasteiger partial charge on any atom is -0.483 e. The first-order valence-corrected chi connectivity index (χ1v) is 8.14. The number of nitrogen functional groups attached to an aromatic ring is 1. The van der Waals surface area contributed by atoms with Crippen molar-refractivity contribution in [3.63, 3.8) is 0 Å². The van der Waals surface area contributed by atoms with Crippen LogP contribution in [-0.2, 0) is 35.5 Å². The Morgan fingerprint density at radius 2 is 2.19 bits per heavy atom. The Morgan fingerprint density at radius 3 is 2.96 bits per heavy atom. The zero-order chi connectivity index (χ0) is 18.7. The van der Waals surface area contributed by atoms with Crippen molar-refractivity contribution in [2.75, 3.05) is 12.3 Å². The summed E-state index contributed by atoms with van der Waals surface area (Å²) in [4.78, 5) is 45.6. The van der Waals surface area contributed by atoms with Crippen molar-refractivity contribution in [3.05, 3.63) is 33.8 Å². The van der Waals surface area contributed by atoms with Crippen molar-refractivity contribution < 1.29 is 14.7 Å². The Balaban J connectivity index is 0.000000613. The summed E-state index contributed by atoms with van der Waals surface area (Å²) in [7, 11) is 0. The monoisotopic (exact) mass is 361 g/mol. The largest absolute Gasteiger partial charge is 0.483 e. The number of fused-ring (bicyclic) bond motifs is 2. The van der Waals surface area contributed by atoms with Crippen LogP contribution in [0.3, 0.4) is 0 Å². The number of aryl methyl sites for hydroxylation is 1. The van der Waals surface area contributed by atoms with Gasteiger partial charge in [-0.15, -0.1) is 0 Å². The Morgan fingerprint density at radius 1 is 1.42 bits per heavy atom. The summed E-state index contributed by atoms with van der Waals surface area (Å²) in [6.07, 6.45) is 3.56. The number of anilines is 1. The van der Waals surface area contributed by atoms with Crippen LogP contribution in [0.5, 0.6) is 0 Å². The lowest BCUT2D eigenvalue weighted by atomic mass is 9.96. The lowest BCUT2D eigenvalue weighted by Crippen LogP contribution is -2.44. The third-order valence-corrected chi connectivity index (χ3v) is 4.56. The molecule has 138 valence electrons. The van der Waals surface area contributed by atoms with Gasteiger partial charge >= 0.3 is 0 Å². The Labute approximate surface area is 147 Å². The van der Waals surface area contributed by atoms with E-state index in [1.165, 1.54) is 6.33 Å². The summed E-state index contributed by atoms with van der Waals surface area (Å²) in [5, 5.41) is 11.0. The van der Waals surface area contributed by atoms with E-state index in [1.807, 2.05) is 0 Å². The van der Waals surface area contributed by atoms with Gasteiger partial charge in [0.15, 0.2) is 0 Å². The van der Waals surface area contributed by atoms with Gasteiger partial charge in [0.2, 0.25) is 11.9 Å². The fourth-order valence-electron chi connectivity index (χ4n) is 3.34. The molecule has 1 unspecified atom stereocenters. The van der Waals surface area contributed by atoms with Gasteiger partial charge in [-0.3, -0.25) is 19.4 Å². The molecule has 4 N–H and O–H groups in total. The van der Waals surface area contributed by atoms with E-state index < -0.39 is 0 Å².